The van der Waals surface area contributed by atoms with E-state index < -0.39 is 23.9 Å². The second kappa shape index (κ2) is 8.79. The molecule has 0 fully saturated rings. The number of phenols is 1. The Balaban J connectivity index is 2.39. The van der Waals surface area contributed by atoms with Gasteiger partial charge in [0.15, 0.2) is 0 Å². The summed E-state index contributed by atoms with van der Waals surface area (Å²) in [6, 6.07) is 0.616. The molecule has 1 aliphatic heterocycles. The maximum absolute atomic E-state index is 12.5. The number of cyclic esters (lactones) is 1. The van der Waals surface area contributed by atoms with Gasteiger partial charge in [0.05, 0.1) is 26.2 Å². The van der Waals surface area contributed by atoms with Gasteiger partial charge in [-0.25, -0.2) is 9.59 Å². The van der Waals surface area contributed by atoms with E-state index in [2.05, 4.69) is 5.32 Å². The smallest absolute Gasteiger partial charge is 0.338 e. The molecule has 26 heavy (non-hydrogen) atoms. The lowest BCUT2D eigenvalue weighted by molar-refractivity contribution is -0.144. The zero-order valence-corrected chi connectivity index (χ0v) is 15.6. The average molecular weight is 383 g/mol. The first-order chi connectivity index (χ1) is 12.4. The van der Waals surface area contributed by atoms with Crippen LogP contribution in [0.1, 0.15) is 27.9 Å². The highest BCUT2D eigenvalue weighted by atomic mass is 32.2. The van der Waals surface area contributed by atoms with E-state index in [-0.39, 0.29) is 35.8 Å². The maximum atomic E-state index is 12.5. The van der Waals surface area contributed by atoms with Crippen molar-refractivity contribution in [1.29, 1.82) is 0 Å². The number of amides is 1. The summed E-state index contributed by atoms with van der Waals surface area (Å²) in [4.78, 5) is 36.2. The fourth-order valence-corrected chi connectivity index (χ4v) is 3.67. The lowest BCUT2D eigenvalue weighted by Gasteiger charge is -2.20. The number of aromatic hydroxyl groups is 1. The number of methoxy groups -OCH3 is 2. The van der Waals surface area contributed by atoms with Crippen molar-refractivity contribution in [1.82, 2.24) is 5.32 Å². The number of hydrogen-bond donors (Lipinski definition) is 2. The molecule has 0 saturated carbocycles. The van der Waals surface area contributed by atoms with Gasteiger partial charge in [0, 0.05) is 28.7 Å². The van der Waals surface area contributed by atoms with E-state index in [1.165, 1.54) is 32.0 Å². The third-order valence-corrected chi connectivity index (χ3v) is 5.02. The van der Waals surface area contributed by atoms with Crippen LogP contribution in [0.25, 0.3) is 0 Å². The van der Waals surface area contributed by atoms with Crippen LogP contribution in [-0.2, 0) is 24.8 Å². The van der Waals surface area contributed by atoms with Crippen LogP contribution < -0.4 is 10.1 Å². The number of carbonyl (C=O) groups excluding carboxylic acids is 3. The van der Waals surface area contributed by atoms with Crippen LogP contribution in [0, 0.1) is 6.92 Å². The predicted octanol–water partition coefficient (Wildman–Crippen LogP) is 1.16. The quantitative estimate of drug-likeness (QED) is 0.732. The van der Waals surface area contributed by atoms with Crippen molar-refractivity contribution in [3.8, 4) is 11.5 Å². The molecule has 2 N–H and O–H groups in total. The molecule has 0 aliphatic carbocycles. The fourth-order valence-electron chi connectivity index (χ4n) is 2.60. The van der Waals surface area contributed by atoms with Crippen LogP contribution in [-0.4, -0.2) is 55.6 Å². The zero-order chi connectivity index (χ0) is 19.3. The summed E-state index contributed by atoms with van der Waals surface area (Å²) in [5.74, 6) is -0.870. The number of nitrogens with one attached hydrogen (secondary N) is 1. The van der Waals surface area contributed by atoms with E-state index >= 15 is 0 Å². The molecule has 0 bridgehead atoms. The van der Waals surface area contributed by atoms with Crippen molar-refractivity contribution in [3.63, 3.8) is 0 Å². The Morgan fingerprint density at radius 3 is 2.77 bits per heavy atom. The number of benzene rings is 1. The number of carbonyl (C=O) groups is 3. The van der Waals surface area contributed by atoms with Crippen LogP contribution in [0.15, 0.2) is 6.07 Å². The van der Waals surface area contributed by atoms with Gasteiger partial charge in [-0.3, -0.25) is 4.79 Å². The van der Waals surface area contributed by atoms with Gasteiger partial charge >= 0.3 is 11.9 Å². The standard InChI is InChI=1S/C17H21NO7S/c1-9-13(23-2)6-12(19)10-7-26-8-11(16(21)24-3)18-14(20)4-5-25-17(22)15(9)10/h6,11,19H,4-5,7-8H2,1-3H3,(H,18,20)/t11-/m0/s1. The minimum absolute atomic E-state index is 0.0891. The highest BCUT2D eigenvalue weighted by Crippen LogP contribution is 2.35. The molecule has 1 amide bonds. The van der Waals surface area contributed by atoms with Gasteiger partial charge in [-0.15, -0.1) is 0 Å². The van der Waals surface area contributed by atoms with E-state index in [0.29, 0.717) is 16.9 Å². The summed E-state index contributed by atoms with van der Waals surface area (Å²) in [5, 5.41) is 12.9. The summed E-state index contributed by atoms with van der Waals surface area (Å²) in [6.07, 6.45) is -0.0891. The van der Waals surface area contributed by atoms with E-state index in [9.17, 15) is 19.5 Å². The Morgan fingerprint density at radius 2 is 2.12 bits per heavy atom. The van der Waals surface area contributed by atoms with Crippen molar-refractivity contribution in [2.75, 3.05) is 26.6 Å². The van der Waals surface area contributed by atoms with Crippen molar-refractivity contribution in [2.45, 2.75) is 25.1 Å². The van der Waals surface area contributed by atoms with E-state index in [0.717, 1.165) is 0 Å². The summed E-state index contributed by atoms with van der Waals surface area (Å²) < 4.78 is 15.1. The molecular weight excluding hydrogens is 362 g/mol. The number of ether oxygens (including phenoxy) is 3. The third-order valence-electron chi connectivity index (χ3n) is 3.96. The first-order valence-electron chi connectivity index (χ1n) is 7.90. The first kappa shape index (κ1) is 19.9. The predicted molar refractivity (Wildman–Crippen MR) is 94.4 cm³/mol. The normalized spacial score (nSPS) is 18.5. The van der Waals surface area contributed by atoms with Crippen LogP contribution in [0.3, 0.4) is 0 Å². The van der Waals surface area contributed by atoms with Crippen LogP contribution in [0.4, 0.5) is 0 Å². The molecule has 142 valence electrons. The van der Waals surface area contributed by atoms with Gasteiger partial charge in [0.25, 0.3) is 0 Å². The highest BCUT2D eigenvalue weighted by molar-refractivity contribution is 7.98. The largest absolute Gasteiger partial charge is 0.507 e. The molecule has 1 aromatic carbocycles. The molecule has 0 aromatic heterocycles. The lowest BCUT2D eigenvalue weighted by Crippen LogP contribution is -2.43. The minimum atomic E-state index is -0.822. The van der Waals surface area contributed by atoms with Gasteiger partial charge in [-0.1, -0.05) is 0 Å². The first-order valence-corrected chi connectivity index (χ1v) is 9.06. The molecule has 1 aromatic rings. The Morgan fingerprint density at radius 1 is 1.38 bits per heavy atom. The molecule has 0 spiro atoms. The molecule has 0 radical (unpaired) electrons. The topological polar surface area (TPSA) is 111 Å². The summed E-state index contributed by atoms with van der Waals surface area (Å²) in [6.45, 7) is 1.54. The lowest BCUT2D eigenvalue weighted by atomic mass is 10.0. The SMILES string of the molecule is COC(=O)[C@@H]1CSCc2c(O)cc(OC)c(C)c2C(=O)OCCC(=O)N1. The molecule has 1 aliphatic rings. The number of fused-ring (bicyclic) bond motifs is 1. The van der Waals surface area contributed by atoms with Gasteiger partial charge in [0.2, 0.25) is 5.91 Å². The third kappa shape index (κ3) is 4.40. The van der Waals surface area contributed by atoms with E-state index in [4.69, 9.17) is 14.2 Å². The second-order valence-corrected chi connectivity index (χ2v) is 6.65. The molecule has 2 rings (SSSR count). The zero-order valence-electron chi connectivity index (χ0n) is 14.8. The van der Waals surface area contributed by atoms with Crippen molar-refractivity contribution in [3.05, 3.63) is 22.8 Å². The number of esters is 2. The number of phenolic OH excluding ortho intramolecular Hbond substituents is 1. The van der Waals surface area contributed by atoms with Gasteiger partial charge in [-0.2, -0.15) is 11.8 Å². The summed E-state index contributed by atoms with van der Waals surface area (Å²) in [5.41, 5.74) is 1.15. The Hall–Kier alpha value is -2.42. The Labute approximate surface area is 155 Å². The minimum Gasteiger partial charge on any atom is -0.507 e. The molecule has 8 nitrogen and oxygen atoms in total. The molecule has 1 heterocycles. The summed E-state index contributed by atoms with van der Waals surface area (Å²) in [7, 11) is 2.68. The number of rotatable bonds is 2. The monoisotopic (exact) mass is 383 g/mol. The van der Waals surface area contributed by atoms with Crippen molar-refractivity contribution in [2.24, 2.45) is 0 Å². The van der Waals surface area contributed by atoms with Crippen LogP contribution >= 0.6 is 11.8 Å². The van der Waals surface area contributed by atoms with Crippen molar-refractivity contribution < 1.29 is 33.7 Å². The maximum Gasteiger partial charge on any atom is 0.338 e. The van der Waals surface area contributed by atoms with Gasteiger partial charge < -0.3 is 24.6 Å². The van der Waals surface area contributed by atoms with Crippen LogP contribution in [0.5, 0.6) is 11.5 Å². The molecule has 1 atom stereocenters. The van der Waals surface area contributed by atoms with Gasteiger partial charge in [0.1, 0.15) is 24.1 Å². The molecule has 9 heteroatoms. The van der Waals surface area contributed by atoms with Gasteiger partial charge in [-0.05, 0) is 6.92 Å². The highest BCUT2D eigenvalue weighted by Gasteiger charge is 2.26. The molecule has 0 unspecified atom stereocenters. The Kier molecular flexibility index (Phi) is 6.73. The second-order valence-electron chi connectivity index (χ2n) is 5.62. The number of thioether (sulfide) groups is 1. The van der Waals surface area contributed by atoms with Crippen molar-refractivity contribution >= 4 is 29.6 Å². The van der Waals surface area contributed by atoms with Crippen LogP contribution in [0.2, 0.25) is 0 Å². The fraction of sp³-hybridized carbons (Fsp3) is 0.471. The molecular formula is C17H21NO7S. The van der Waals surface area contributed by atoms with E-state index in [1.54, 1.807) is 6.92 Å². The average Bonchev–Trinajstić information content (AvgIpc) is 2.61. The van der Waals surface area contributed by atoms with E-state index in [1.807, 2.05) is 0 Å². The number of hydrogen-bond acceptors (Lipinski definition) is 8. The summed E-state index contributed by atoms with van der Waals surface area (Å²) >= 11 is 1.28. The Bertz CT molecular complexity index is 720. The molecule has 0 saturated heterocycles.